The lowest BCUT2D eigenvalue weighted by Gasteiger charge is -2.33. The lowest BCUT2D eigenvalue weighted by atomic mass is 10.00. The van der Waals surface area contributed by atoms with Gasteiger partial charge in [-0.25, -0.2) is 0 Å². The molecule has 0 bridgehead atoms. The van der Waals surface area contributed by atoms with Gasteiger partial charge in [-0.1, -0.05) is 31.0 Å². The number of nitrogens with zero attached hydrogens (tertiary/aromatic N) is 1. The highest BCUT2D eigenvalue weighted by atomic mass is 16.6. The van der Waals surface area contributed by atoms with Gasteiger partial charge in [-0.05, 0) is 73.4 Å². The predicted octanol–water partition coefficient (Wildman–Crippen LogP) is 4.93. The molecule has 1 fully saturated rings. The molecular weight excluding hydrogens is 484 g/mol. The van der Waals surface area contributed by atoms with E-state index < -0.39 is 6.04 Å². The van der Waals surface area contributed by atoms with Gasteiger partial charge in [0.2, 0.25) is 5.91 Å². The van der Waals surface area contributed by atoms with Crippen molar-refractivity contribution in [2.75, 3.05) is 25.2 Å². The SMILES string of the molecule is COc1cc([C@H](C(=O)NC2CCCC2)N(C(=O)c2ccc3c(c2)OCCO3)c2cccc(C)c2)ccc1O. The summed E-state index contributed by atoms with van der Waals surface area (Å²) in [5.74, 6) is 0.574. The molecule has 1 atom stereocenters. The Balaban J connectivity index is 1.63. The number of fused-ring (bicyclic) bond motifs is 1. The highest BCUT2D eigenvalue weighted by Crippen LogP contribution is 2.37. The van der Waals surface area contributed by atoms with Crippen LogP contribution in [-0.2, 0) is 4.79 Å². The molecule has 3 aromatic rings. The lowest BCUT2D eigenvalue weighted by molar-refractivity contribution is -0.123. The molecule has 198 valence electrons. The molecule has 5 rings (SSSR count). The number of anilines is 1. The van der Waals surface area contributed by atoms with Crippen molar-refractivity contribution in [2.45, 2.75) is 44.7 Å². The van der Waals surface area contributed by atoms with E-state index in [0.29, 0.717) is 41.5 Å². The number of hydrogen-bond donors (Lipinski definition) is 2. The van der Waals surface area contributed by atoms with Gasteiger partial charge in [-0.2, -0.15) is 0 Å². The molecule has 1 heterocycles. The number of ether oxygens (including phenoxy) is 3. The molecule has 1 aliphatic heterocycles. The molecule has 0 spiro atoms. The zero-order chi connectivity index (χ0) is 26.6. The number of aromatic hydroxyl groups is 1. The average molecular weight is 517 g/mol. The average Bonchev–Trinajstić information content (AvgIpc) is 3.44. The Morgan fingerprint density at radius 2 is 1.76 bits per heavy atom. The second-order valence-corrected chi connectivity index (χ2v) is 9.70. The molecule has 2 N–H and O–H groups in total. The smallest absolute Gasteiger partial charge is 0.259 e. The highest BCUT2D eigenvalue weighted by Gasteiger charge is 2.36. The fourth-order valence-corrected chi connectivity index (χ4v) is 5.11. The van der Waals surface area contributed by atoms with Gasteiger partial charge in [0, 0.05) is 17.3 Å². The summed E-state index contributed by atoms with van der Waals surface area (Å²) in [5, 5.41) is 13.4. The number of hydrogen-bond acceptors (Lipinski definition) is 6. The first-order chi connectivity index (χ1) is 18.4. The number of methoxy groups -OCH3 is 1. The Kier molecular flexibility index (Phi) is 7.40. The molecule has 0 saturated heterocycles. The van der Waals surface area contributed by atoms with Crippen LogP contribution in [0.15, 0.2) is 60.7 Å². The van der Waals surface area contributed by atoms with Gasteiger partial charge in [0.15, 0.2) is 23.0 Å². The van der Waals surface area contributed by atoms with E-state index in [1.807, 2.05) is 31.2 Å². The second-order valence-electron chi connectivity index (χ2n) is 9.70. The van der Waals surface area contributed by atoms with E-state index in [1.54, 1.807) is 30.3 Å². The van der Waals surface area contributed by atoms with Crippen molar-refractivity contribution in [3.8, 4) is 23.0 Å². The van der Waals surface area contributed by atoms with E-state index in [4.69, 9.17) is 14.2 Å². The molecule has 3 aromatic carbocycles. The summed E-state index contributed by atoms with van der Waals surface area (Å²) in [7, 11) is 1.45. The van der Waals surface area contributed by atoms with Gasteiger partial charge >= 0.3 is 0 Å². The van der Waals surface area contributed by atoms with Crippen molar-refractivity contribution in [1.29, 1.82) is 0 Å². The van der Waals surface area contributed by atoms with Gasteiger partial charge in [-0.15, -0.1) is 0 Å². The standard InChI is InChI=1S/C30H32N2O6/c1-19-6-5-9-23(16-19)32(30(35)21-11-13-25-27(18-21)38-15-14-37-25)28(29(34)31-22-7-3-4-8-22)20-10-12-24(33)26(17-20)36-2/h5-6,9-13,16-18,22,28,33H,3-4,7-8,14-15H2,1-2H3,(H,31,34)/t28-/m1/s1. The third-order valence-corrected chi connectivity index (χ3v) is 7.02. The Labute approximate surface area is 222 Å². The summed E-state index contributed by atoms with van der Waals surface area (Å²) < 4.78 is 16.7. The number of benzene rings is 3. The molecule has 0 radical (unpaired) electrons. The first-order valence-electron chi connectivity index (χ1n) is 12.9. The van der Waals surface area contributed by atoms with E-state index in [-0.39, 0.29) is 29.4 Å². The topological polar surface area (TPSA) is 97.3 Å². The molecule has 38 heavy (non-hydrogen) atoms. The minimum Gasteiger partial charge on any atom is -0.504 e. The van der Waals surface area contributed by atoms with Crippen LogP contribution in [-0.4, -0.2) is 43.3 Å². The number of rotatable bonds is 7. The molecule has 0 aromatic heterocycles. The Morgan fingerprint density at radius 1 is 1.00 bits per heavy atom. The van der Waals surface area contributed by atoms with Crippen LogP contribution in [0.4, 0.5) is 5.69 Å². The Hall–Kier alpha value is -4.20. The summed E-state index contributed by atoms with van der Waals surface area (Å²) in [4.78, 5) is 29.8. The largest absolute Gasteiger partial charge is 0.504 e. The normalized spacial score (nSPS) is 15.5. The van der Waals surface area contributed by atoms with Gasteiger partial charge in [-0.3, -0.25) is 14.5 Å². The fourth-order valence-electron chi connectivity index (χ4n) is 5.11. The van der Waals surface area contributed by atoms with Crippen LogP contribution >= 0.6 is 0 Å². The number of phenols is 1. The summed E-state index contributed by atoms with van der Waals surface area (Å²) in [6, 6.07) is 16.3. The monoisotopic (exact) mass is 516 g/mol. The van der Waals surface area contributed by atoms with Gasteiger partial charge in [0.25, 0.3) is 5.91 Å². The Bertz CT molecular complexity index is 1330. The van der Waals surface area contributed by atoms with Crippen molar-refractivity contribution in [3.05, 3.63) is 77.4 Å². The van der Waals surface area contributed by atoms with E-state index in [0.717, 1.165) is 31.2 Å². The van der Waals surface area contributed by atoms with E-state index in [9.17, 15) is 14.7 Å². The van der Waals surface area contributed by atoms with Crippen LogP contribution in [0.25, 0.3) is 0 Å². The maximum absolute atomic E-state index is 14.3. The fraction of sp³-hybridized carbons (Fsp3) is 0.333. The number of phenolic OH excluding ortho intramolecular Hbond substituents is 1. The highest BCUT2D eigenvalue weighted by molar-refractivity contribution is 6.10. The molecular formula is C30H32N2O6. The molecule has 1 saturated carbocycles. The number of amides is 2. The van der Waals surface area contributed by atoms with Gasteiger partial charge < -0.3 is 24.6 Å². The first kappa shape index (κ1) is 25.4. The summed E-state index contributed by atoms with van der Waals surface area (Å²) in [6.07, 6.45) is 3.91. The predicted molar refractivity (Wildman–Crippen MR) is 143 cm³/mol. The van der Waals surface area contributed by atoms with Crippen molar-refractivity contribution in [3.63, 3.8) is 0 Å². The number of nitrogens with one attached hydrogen (secondary N) is 1. The summed E-state index contributed by atoms with van der Waals surface area (Å²) in [5.41, 5.74) is 2.40. The van der Waals surface area contributed by atoms with Gasteiger partial charge in [0.1, 0.15) is 19.3 Å². The van der Waals surface area contributed by atoms with E-state index >= 15 is 0 Å². The third-order valence-electron chi connectivity index (χ3n) is 7.02. The van der Waals surface area contributed by atoms with Crippen LogP contribution in [0.3, 0.4) is 0 Å². The molecule has 8 nitrogen and oxygen atoms in total. The number of carbonyl (C=O) groups excluding carboxylic acids is 2. The molecule has 8 heteroatoms. The van der Waals surface area contributed by atoms with Crippen LogP contribution < -0.4 is 24.4 Å². The van der Waals surface area contributed by atoms with E-state index in [1.165, 1.54) is 18.1 Å². The summed E-state index contributed by atoms with van der Waals surface area (Å²) >= 11 is 0. The van der Waals surface area contributed by atoms with Crippen LogP contribution in [0.1, 0.15) is 53.2 Å². The molecule has 2 aliphatic rings. The van der Waals surface area contributed by atoms with Crippen LogP contribution in [0.2, 0.25) is 0 Å². The second kappa shape index (κ2) is 11.0. The lowest BCUT2D eigenvalue weighted by Crippen LogP contribution is -2.46. The number of carbonyl (C=O) groups is 2. The Morgan fingerprint density at radius 3 is 2.50 bits per heavy atom. The van der Waals surface area contributed by atoms with Gasteiger partial charge in [0.05, 0.1) is 7.11 Å². The quantitative estimate of drug-likeness (QED) is 0.462. The molecule has 0 unspecified atom stereocenters. The number of aryl methyl sites for hydroxylation is 1. The van der Waals surface area contributed by atoms with E-state index in [2.05, 4.69) is 5.32 Å². The molecule has 1 aliphatic carbocycles. The molecule has 2 amide bonds. The van der Waals surface area contributed by atoms with Crippen molar-refractivity contribution >= 4 is 17.5 Å². The van der Waals surface area contributed by atoms with Crippen molar-refractivity contribution < 1.29 is 28.9 Å². The third kappa shape index (κ3) is 5.25. The minimum absolute atomic E-state index is 0.0489. The van der Waals surface area contributed by atoms with Crippen molar-refractivity contribution in [2.24, 2.45) is 0 Å². The zero-order valence-electron chi connectivity index (χ0n) is 21.6. The van der Waals surface area contributed by atoms with Crippen LogP contribution in [0.5, 0.6) is 23.0 Å². The maximum atomic E-state index is 14.3. The van der Waals surface area contributed by atoms with Crippen molar-refractivity contribution in [1.82, 2.24) is 5.32 Å². The minimum atomic E-state index is -1.02. The summed E-state index contributed by atoms with van der Waals surface area (Å²) in [6.45, 7) is 2.78. The zero-order valence-corrected chi connectivity index (χ0v) is 21.6. The van der Waals surface area contributed by atoms with Crippen LogP contribution in [0, 0.1) is 6.92 Å². The first-order valence-corrected chi connectivity index (χ1v) is 12.9. The maximum Gasteiger partial charge on any atom is 0.259 e.